The molecule has 10 nitrogen and oxygen atoms in total. The standard InChI is InChI=1S/C38H32N2O8S/c1-4-45-37(42)33-34(25-8-6-5-7-9-25)39-38-40(35(33)26-13-17-28(43-2)30(20-26)44-3)36(41)32(49-38)19-23-10-14-27(15-11-23)46-21-24-12-16-29-31(18-24)48-22-47-29/h5-20,35H,4,21-22H2,1-3H3/b32-19-/t35-/m1/s1. The SMILES string of the molecule is CCOC(=O)C1=C(c2ccccc2)N=c2s/c(=C\c3ccc(OCc4ccc5c(c4)OCO5)cc3)c(=O)n2[C@@H]1c1ccc(OC)c(OC)c1. The first-order valence-electron chi connectivity index (χ1n) is 15.6. The zero-order valence-corrected chi connectivity index (χ0v) is 27.8. The summed E-state index contributed by atoms with van der Waals surface area (Å²) in [6.07, 6.45) is 1.81. The quantitative estimate of drug-likeness (QED) is 0.185. The van der Waals surface area contributed by atoms with Crippen molar-refractivity contribution >= 4 is 29.1 Å². The van der Waals surface area contributed by atoms with E-state index in [9.17, 15) is 9.59 Å². The highest BCUT2D eigenvalue weighted by atomic mass is 32.1. The van der Waals surface area contributed by atoms with Crippen LogP contribution in [0.3, 0.4) is 0 Å². The fourth-order valence-corrected chi connectivity index (χ4v) is 6.79. The fraction of sp³-hybridized carbons (Fsp3) is 0.184. The summed E-state index contributed by atoms with van der Waals surface area (Å²) in [7, 11) is 3.09. The summed E-state index contributed by atoms with van der Waals surface area (Å²) in [5.74, 6) is 2.53. The molecule has 49 heavy (non-hydrogen) atoms. The van der Waals surface area contributed by atoms with E-state index in [0.717, 1.165) is 22.4 Å². The third-order valence-corrected chi connectivity index (χ3v) is 9.10. The average Bonchev–Trinajstić information content (AvgIpc) is 3.74. The molecule has 0 bridgehead atoms. The smallest absolute Gasteiger partial charge is 0.338 e. The van der Waals surface area contributed by atoms with Gasteiger partial charge in [0.1, 0.15) is 12.4 Å². The first-order chi connectivity index (χ1) is 24.0. The summed E-state index contributed by atoms with van der Waals surface area (Å²) in [4.78, 5) is 33.4. The van der Waals surface area contributed by atoms with Crippen LogP contribution < -0.4 is 38.6 Å². The maximum atomic E-state index is 14.3. The number of carbonyl (C=O) groups excluding carboxylic acids is 1. The number of hydrogen-bond acceptors (Lipinski definition) is 10. The van der Waals surface area contributed by atoms with E-state index in [2.05, 4.69) is 0 Å². The van der Waals surface area contributed by atoms with E-state index in [1.807, 2.05) is 84.9 Å². The molecule has 5 aromatic rings. The molecule has 0 amide bonds. The Morgan fingerprint density at radius 1 is 0.939 bits per heavy atom. The van der Waals surface area contributed by atoms with Gasteiger partial charge in [0.2, 0.25) is 6.79 Å². The minimum atomic E-state index is -0.848. The Morgan fingerprint density at radius 3 is 2.47 bits per heavy atom. The molecular formula is C38H32N2O8S. The van der Waals surface area contributed by atoms with Crippen molar-refractivity contribution in [2.24, 2.45) is 4.99 Å². The van der Waals surface area contributed by atoms with Gasteiger partial charge in [0, 0.05) is 5.56 Å². The molecule has 3 heterocycles. The number of esters is 1. The Bertz CT molecular complexity index is 2240. The molecule has 1 aromatic heterocycles. The lowest BCUT2D eigenvalue weighted by atomic mass is 9.93. The highest BCUT2D eigenvalue weighted by Gasteiger charge is 2.35. The highest BCUT2D eigenvalue weighted by molar-refractivity contribution is 7.07. The molecule has 1 atom stereocenters. The molecule has 0 saturated carbocycles. The summed E-state index contributed by atoms with van der Waals surface area (Å²) in [6.45, 7) is 2.48. The van der Waals surface area contributed by atoms with Gasteiger partial charge in [-0.2, -0.15) is 0 Å². The van der Waals surface area contributed by atoms with Crippen molar-refractivity contribution in [2.75, 3.05) is 27.6 Å². The van der Waals surface area contributed by atoms with Crippen LogP contribution in [-0.4, -0.2) is 38.2 Å². The maximum absolute atomic E-state index is 14.3. The van der Waals surface area contributed by atoms with Crippen LogP contribution in [0.25, 0.3) is 11.8 Å². The van der Waals surface area contributed by atoms with E-state index >= 15 is 0 Å². The van der Waals surface area contributed by atoms with Crippen molar-refractivity contribution in [1.29, 1.82) is 0 Å². The zero-order chi connectivity index (χ0) is 33.9. The van der Waals surface area contributed by atoms with Crippen LogP contribution in [0.15, 0.2) is 106 Å². The number of nitrogens with zero attached hydrogens (tertiary/aromatic N) is 2. The third kappa shape index (κ3) is 6.28. The first-order valence-corrected chi connectivity index (χ1v) is 16.4. The molecular weight excluding hydrogens is 644 g/mol. The summed E-state index contributed by atoms with van der Waals surface area (Å²) in [6, 6.07) is 27.1. The summed E-state index contributed by atoms with van der Waals surface area (Å²) < 4.78 is 35.5. The van der Waals surface area contributed by atoms with Gasteiger partial charge in [0.15, 0.2) is 27.8 Å². The summed E-state index contributed by atoms with van der Waals surface area (Å²) in [5.41, 5.74) is 3.52. The number of rotatable bonds is 10. The number of carbonyl (C=O) groups is 1. The average molecular weight is 677 g/mol. The molecule has 11 heteroatoms. The van der Waals surface area contributed by atoms with E-state index in [4.69, 9.17) is 33.4 Å². The van der Waals surface area contributed by atoms with Crippen molar-refractivity contribution in [3.05, 3.63) is 139 Å². The number of hydrogen-bond donors (Lipinski definition) is 0. The van der Waals surface area contributed by atoms with Crippen molar-refractivity contribution in [3.63, 3.8) is 0 Å². The Morgan fingerprint density at radius 2 is 1.71 bits per heavy atom. The predicted molar refractivity (Wildman–Crippen MR) is 184 cm³/mol. The van der Waals surface area contributed by atoms with E-state index in [1.165, 1.54) is 18.4 Å². The summed E-state index contributed by atoms with van der Waals surface area (Å²) >= 11 is 1.25. The van der Waals surface area contributed by atoms with Crippen LogP contribution in [0.5, 0.6) is 28.7 Å². The lowest BCUT2D eigenvalue weighted by molar-refractivity contribution is -0.138. The number of aromatic nitrogens is 1. The van der Waals surface area contributed by atoms with Crippen molar-refractivity contribution in [1.82, 2.24) is 4.57 Å². The molecule has 0 fully saturated rings. The van der Waals surface area contributed by atoms with Gasteiger partial charge < -0.3 is 28.4 Å². The van der Waals surface area contributed by atoms with Gasteiger partial charge in [-0.15, -0.1) is 0 Å². The van der Waals surface area contributed by atoms with E-state index in [0.29, 0.717) is 50.2 Å². The van der Waals surface area contributed by atoms with Crippen LogP contribution in [0.4, 0.5) is 0 Å². The van der Waals surface area contributed by atoms with Crippen molar-refractivity contribution in [3.8, 4) is 28.7 Å². The normalized spacial score (nSPS) is 15.0. The Balaban J connectivity index is 1.29. The Labute approximate surface area is 285 Å². The van der Waals surface area contributed by atoms with Crippen LogP contribution in [0.1, 0.15) is 35.2 Å². The van der Waals surface area contributed by atoms with Gasteiger partial charge in [0.05, 0.1) is 42.7 Å². The lowest BCUT2D eigenvalue weighted by Gasteiger charge is -2.26. The fourth-order valence-electron chi connectivity index (χ4n) is 5.79. The highest BCUT2D eigenvalue weighted by Crippen LogP contribution is 2.38. The Hall–Kier alpha value is -5.81. The van der Waals surface area contributed by atoms with Crippen LogP contribution in [0, 0.1) is 0 Å². The van der Waals surface area contributed by atoms with Crippen LogP contribution >= 0.6 is 11.3 Å². The van der Waals surface area contributed by atoms with Gasteiger partial charge in [0.25, 0.3) is 5.56 Å². The first kappa shape index (κ1) is 31.8. The van der Waals surface area contributed by atoms with Crippen LogP contribution in [-0.2, 0) is 16.1 Å². The number of fused-ring (bicyclic) bond motifs is 2. The molecule has 4 aromatic carbocycles. The molecule has 0 radical (unpaired) electrons. The van der Waals surface area contributed by atoms with Gasteiger partial charge in [-0.25, -0.2) is 9.79 Å². The topological polar surface area (TPSA) is 107 Å². The third-order valence-electron chi connectivity index (χ3n) is 8.12. The number of benzene rings is 4. The van der Waals surface area contributed by atoms with Gasteiger partial charge in [-0.1, -0.05) is 65.9 Å². The van der Waals surface area contributed by atoms with Crippen LogP contribution in [0.2, 0.25) is 0 Å². The maximum Gasteiger partial charge on any atom is 0.338 e. The molecule has 0 spiro atoms. The van der Waals surface area contributed by atoms with Crippen molar-refractivity contribution in [2.45, 2.75) is 19.6 Å². The second-order valence-electron chi connectivity index (χ2n) is 11.1. The van der Waals surface area contributed by atoms with Gasteiger partial charge >= 0.3 is 5.97 Å². The second kappa shape index (κ2) is 13.7. The monoisotopic (exact) mass is 676 g/mol. The molecule has 2 aliphatic heterocycles. The minimum absolute atomic E-state index is 0.157. The largest absolute Gasteiger partial charge is 0.493 e. The van der Waals surface area contributed by atoms with Gasteiger partial charge in [-0.3, -0.25) is 9.36 Å². The minimum Gasteiger partial charge on any atom is -0.493 e. The van der Waals surface area contributed by atoms with E-state index in [1.54, 1.807) is 30.7 Å². The predicted octanol–water partition coefficient (Wildman–Crippen LogP) is 5.26. The lowest BCUT2D eigenvalue weighted by Crippen LogP contribution is -2.40. The van der Waals surface area contributed by atoms with Crippen molar-refractivity contribution < 1.29 is 33.2 Å². The van der Waals surface area contributed by atoms with E-state index in [-0.39, 0.29) is 24.5 Å². The van der Waals surface area contributed by atoms with Gasteiger partial charge in [-0.05, 0) is 66.1 Å². The molecule has 0 saturated heterocycles. The Kier molecular flexibility index (Phi) is 8.91. The number of thiazole rings is 1. The number of methoxy groups -OCH3 is 2. The summed E-state index contributed by atoms with van der Waals surface area (Å²) in [5, 5.41) is 0. The zero-order valence-electron chi connectivity index (χ0n) is 27.0. The van der Waals surface area contributed by atoms with E-state index < -0.39 is 12.0 Å². The number of ether oxygens (including phenoxy) is 6. The molecule has 0 N–H and O–H groups in total. The molecule has 2 aliphatic rings. The molecule has 0 unspecified atom stereocenters. The molecule has 248 valence electrons. The molecule has 0 aliphatic carbocycles. The second-order valence-corrected chi connectivity index (χ2v) is 12.1. The molecule has 7 rings (SSSR count).